The third-order valence-electron chi connectivity index (χ3n) is 3.80. The lowest BCUT2D eigenvalue weighted by Crippen LogP contribution is -2.04. The Morgan fingerprint density at radius 2 is 1.78 bits per heavy atom. The molecule has 1 aromatic rings. The molecule has 1 heterocycles. The van der Waals surface area contributed by atoms with Gasteiger partial charge in [0.2, 0.25) is 5.89 Å². The molecule has 18 heavy (non-hydrogen) atoms. The van der Waals surface area contributed by atoms with Crippen molar-refractivity contribution in [3.8, 4) is 0 Å². The second-order valence-electron chi connectivity index (χ2n) is 5.33. The van der Waals surface area contributed by atoms with Crippen LogP contribution >= 0.6 is 0 Å². The Morgan fingerprint density at radius 3 is 2.50 bits per heavy atom. The quantitative estimate of drug-likeness (QED) is 0.816. The minimum Gasteiger partial charge on any atom is -0.339 e. The van der Waals surface area contributed by atoms with Gasteiger partial charge in [-0.1, -0.05) is 37.3 Å². The van der Waals surface area contributed by atoms with Crippen molar-refractivity contribution in [1.29, 1.82) is 0 Å². The van der Waals surface area contributed by atoms with E-state index in [1.54, 1.807) is 0 Å². The topological polar surface area (TPSA) is 64.9 Å². The number of hydrogen-bond donors (Lipinski definition) is 1. The lowest BCUT2D eigenvalue weighted by Gasteiger charge is -2.15. The monoisotopic (exact) mass is 251 g/mol. The summed E-state index contributed by atoms with van der Waals surface area (Å²) < 4.78 is 5.33. The lowest BCUT2D eigenvalue weighted by atomic mass is 9.91. The zero-order chi connectivity index (χ0) is 12.6. The third kappa shape index (κ3) is 4.09. The minimum absolute atomic E-state index is 0.525. The fourth-order valence-electron chi connectivity index (χ4n) is 2.67. The van der Waals surface area contributed by atoms with Gasteiger partial charge in [0.25, 0.3) is 0 Å². The van der Waals surface area contributed by atoms with E-state index in [2.05, 4.69) is 10.1 Å². The molecule has 2 N–H and O–H groups in total. The van der Waals surface area contributed by atoms with Crippen LogP contribution in [0.1, 0.15) is 75.4 Å². The number of aryl methyl sites for hydroxylation is 1. The van der Waals surface area contributed by atoms with Crippen LogP contribution in [0.4, 0.5) is 0 Å². The van der Waals surface area contributed by atoms with E-state index < -0.39 is 0 Å². The highest BCUT2D eigenvalue weighted by atomic mass is 16.5. The first kappa shape index (κ1) is 13.5. The molecule has 0 bridgehead atoms. The number of nitrogens with zero attached hydrogens (tertiary/aromatic N) is 2. The maximum absolute atomic E-state index is 5.48. The van der Waals surface area contributed by atoms with Crippen molar-refractivity contribution in [2.45, 2.75) is 70.1 Å². The summed E-state index contributed by atoms with van der Waals surface area (Å²) in [4.78, 5) is 4.56. The van der Waals surface area contributed by atoms with E-state index >= 15 is 0 Å². The van der Waals surface area contributed by atoms with Gasteiger partial charge in [0.05, 0.1) is 0 Å². The van der Waals surface area contributed by atoms with Gasteiger partial charge in [-0.05, 0) is 32.2 Å². The van der Waals surface area contributed by atoms with Gasteiger partial charge < -0.3 is 10.3 Å². The predicted molar refractivity (Wildman–Crippen MR) is 71.4 cm³/mol. The molecule has 1 aliphatic rings. The van der Waals surface area contributed by atoms with Crippen LogP contribution in [0.2, 0.25) is 0 Å². The summed E-state index contributed by atoms with van der Waals surface area (Å²) in [6, 6.07) is 0. The Balaban J connectivity index is 1.86. The number of unbranched alkanes of at least 4 members (excludes halogenated alkanes) is 1. The van der Waals surface area contributed by atoms with E-state index in [9.17, 15) is 0 Å². The molecule has 4 nitrogen and oxygen atoms in total. The fourth-order valence-corrected chi connectivity index (χ4v) is 2.67. The smallest absolute Gasteiger partial charge is 0.226 e. The summed E-state index contributed by atoms with van der Waals surface area (Å²) in [6.07, 6.45) is 12.1. The van der Waals surface area contributed by atoms with E-state index in [-0.39, 0.29) is 0 Å². The van der Waals surface area contributed by atoms with E-state index in [4.69, 9.17) is 10.3 Å². The Hall–Kier alpha value is -0.900. The zero-order valence-corrected chi connectivity index (χ0v) is 11.2. The van der Waals surface area contributed by atoms with Gasteiger partial charge in [-0.2, -0.15) is 4.98 Å². The van der Waals surface area contributed by atoms with Gasteiger partial charge in [-0.3, -0.25) is 0 Å². The van der Waals surface area contributed by atoms with E-state index in [1.807, 2.05) is 0 Å². The zero-order valence-electron chi connectivity index (χ0n) is 11.2. The molecular formula is C14H25N3O. The molecule has 102 valence electrons. The van der Waals surface area contributed by atoms with E-state index in [0.29, 0.717) is 5.92 Å². The van der Waals surface area contributed by atoms with Gasteiger partial charge in [0, 0.05) is 12.3 Å². The molecule has 1 aliphatic carbocycles. The molecule has 0 radical (unpaired) electrons. The Kier molecular flexibility index (Phi) is 5.65. The van der Waals surface area contributed by atoms with Crippen molar-refractivity contribution in [1.82, 2.24) is 10.1 Å². The molecule has 0 saturated heterocycles. The molecule has 0 atom stereocenters. The van der Waals surface area contributed by atoms with Crippen molar-refractivity contribution in [2.75, 3.05) is 6.54 Å². The predicted octanol–water partition coefficient (Wildman–Crippen LogP) is 3.18. The highest BCUT2D eigenvalue weighted by molar-refractivity contribution is 4.96. The lowest BCUT2D eigenvalue weighted by molar-refractivity contribution is 0.358. The van der Waals surface area contributed by atoms with Gasteiger partial charge in [0.15, 0.2) is 5.82 Å². The molecular weight excluding hydrogens is 226 g/mol. The van der Waals surface area contributed by atoms with Crippen LogP contribution in [0.15, 0.2) is 4.52 Å². The van der Waals surface area contributed by atoms with Crippen LogP contribution in [0.3, 0.4) is 0 Å². The summed E-state index contributed by atoms with van der Waals surface area (Å²) in [5.41, 5.74) is 5.48. The summed E-state index contributed by atoms with van der Waals surface area (Å²) in [5, 5.41) is 4.17. The maximum atomic E-state index is 5.48. The number of rotatable bonds is 5. The van der Waals surface area contributed by atoms with E-state index in [1.165, 1.54) is 44.9 Å². The second-order valence-corrected chi connectivity index (χ2v) is 5.33. The number of hydrogen-bond acceptors (Lipinski definition) is 4. The van der Waals surface area contributed by atoms with Crippen LogP contribution in [0, 0.1) is 0 Å². The largest absolute Gasteiger partial charge is 0.339 e. The highest BCUT2D eigenvalue weighted by Crippen LogP contribution is 2.29. The second kappa shape index (κ2) is 7.52. The van der Waals surface area contributed by atoms with Gasteiger partial charge in [-0.15, -0.1) is 0 Å². The van der Waals surface area contributed by atoms with Crippen molar-refractivity contribution >= 4 is 0 Å². The van der Waals surface area contributed by atoms with Crippen molar-refractivity contribution < 1.29 is 4.52 Å². The summed E-state index contributed by atoms with van der Waals surface area (Å²) in [6.45, 7) is 0.740. The summed E-state index contributed by atoms with van der Waals surface area (Å²) >= 11 is 0. The molecule has 0 aromatic carbocycles. The van der Waals surface area contributed by atoms with Crippen molar-refractivity contribution in [3.63, 3.8) is 0 Å². The van der Waals surface area contributed by atoms with Crippen molar-refractivity contribution in [2.24, 2.45) is 5.73 Å². The third-order valence-corrected chi connectivity index (χ3v) is 3.80. The van der Waals surface area contributed by atoms with E-state index in [0.717, 1.165) is 37.5 Å². The van der Waals surface area contributed by atoms with Crippen LogP contribution in [-0.2, 0) is 6.42 Å². The molecule has 0 aliphatic heterocycles. The standard InChI is InChI=1S/C14H25N3O/c15-11-7-6-10-13-16-14(17-18-13)12-8-4-2-1-3-5-9-12/h12H,1-11,15H2. The van der Waals surface area contributed by atoms with Crippen LogP contribution < -0.4 is 5.73 Å². The SMILES string of the molecule is NCCCCc1nc(C2CCCCCCC2)no1. The first-order chi connectivity index (χ1) is 8.90. The molecule has 0 amide bonds. The molecule has 1 aromatic heterocycles. The normalized spacial score (nSPS) is 18.5. The van der Waals surface area contributed by atoms with Gasteiger partial charge in [-0.25, -0.2) is 0 Å². The first-order valence-corrected chi connectivity index (χ1v) is 7.42. The maximum Gasteiger partial charge on any atom is 0.226 e. The Morgan fingerprint density at radius 1 is 1.06 bits per heavy atom. The molecule has 4 heteroatoms. The fraction of sp³-hybridized carbons (Fsp3) is 0.857. The van der Waals surface area contributed by atoms with Crippen LogP contribution in [0.5, 0.6) is 0 Å². The first-order valence-electron chi connectivity index (χ1n) is 7.42. The summed E-state index contributed by atoms with van der Waals surface area (Å²) in [7, 11) is 0. The van der Waals surface area contributed by atoms with Gasteiger partial charge in [0.1, 0.15) is 0 Å². The van der Waals surface area contributed by atoms with Gasteiger partial charge >= 0.3 is 0 Å². The molecule has 0 unspecified atom stereocenters. The average molecular weight is 251 g/mol. The number of nitrogens with two attached hydrogens (primary N) is 1. The Labute approximate surface area is 109 Å². The molecule has 1 fully saturated rings. The average Bonchev–Trinajstić information content (AvgIpc) is 2.78. The van der Waals surface area contributed by atoms with Crippen molar-refractivity contribution in [3.05, 3.63) is 11.7 Å². The summed E-state index contributed by atoms with van der Waals surface area (Å²) in [5.74, 6) is 2.26. The Bertz CT molecular complexity index is 330. The number of aromatic nitrogens is 2. The molecule has 0 spiro atoms. The van der Waals surface area contributed by atoms with Crippen LogP contribution in [0.25, 0.3) is 0 Å². The molecule has 2 rings (SSSR count). The van der Waals surface area contributed by atoms with Crippen LogP contribution in [-0.4, -0.2) is 16.7 Å². The molecule has 1 saturated carbocycles. The highest BCUT2D eigenvalue weighted by Gasteiger charge is 2.19. The minimum atomic E-state index is 0.525.